The van der Waals surface area contributed by atoms with Gasteiger partial charge in [-0.2, -0.15) is 0 Å². The summed E-state index contributed by atoms with van der Waals surface area (Å²) in [6.45, 7) is 4.44. The van der Waals surface area contributed by atoms with Gasteiger partial charge in [-0.25, -0.2) is 0 Å². The highest BCUT2D eigenvalue weighted by Gasteiger charge is 2.26. The van der Waals surface area contributed by atoms with Gasteiger partial charge >= 0.3 is 0 Å². The van der Waals surface area contributed by atoms with Crippen molar-refractivity contribution < 1.29 is 13.7 Å². The van der Waals surface area contributed by atoms with Gasteiger partial charge in [-0.15, -0.1) is 10.2 Å². The number of benzene rings is 2. The standard InChI is InChI=1S/C27H27N5O3/c1-17-25(26(31-35-17)19-6-4-3-5-7-19)27-30-29-24(34-27)16-32-12-10-18(11-13-32)22-15-28-23-9-8-20(33-2)14-21(22)23/h3-9,14-15,18,28H,10-13,16H2,1-2H3. The number of hydrogen-bond acceptors (Lipinski definition) is 7. The van der Waals surface area contributed by atoms with Crippen LogP contribution < -0.4 is 4.74 Å². The van der Waals surface area contributed by atoms with Gasteiger partial charge in [0.25, 0.3) is 5.89 Å². The highest BCUT2D eigenvalue weighted by Crippen LogP contribution is 2.36. The molecule has 2 aromatic carbocycles. The zero-order valence-electron chi connectivity index (χ0n) is 19.8. The molecule has 0 radical (unpaired) electrons. The summed E-state index contributed by atoms with van der Waals surface area (Å²) < 4.78 is 17.0. The average molecular weight is 470 g/mol. The maximum atomic E-state index is 6.07. The number of methoxy groups -OCH3 is 1. The number of nitrogens with one attached hydrogen (secondary N) is 1. The molecule has 178 valence electrons. The van der Waals surface area contributed by atoms with E-state index in [1.54, 1.807) is 7.11 Å². The van der Waals surface area contributed by atoms with Gasteiger partial charge in [-0.1, -0.05) is 35.5 Å². The first-order chi connectivity index (χ1) is 17.2. The van der Waals surface area contributed by atoms with E-state index in [4.69, 9.17) is 13.7 Å². The van der Waals surface area contributed by atoms with Crippen molar-refractivity contribution in [1.29, 1.82) is 0 Å². The lowest BCUT2D eigenvalue weighted by Crippen LogP contribution is -2.32. The Morgan fingerprint density at radius 2 is 1.91 bits per heavy atom. The van der Waals surface area contributed by atoms with Crippen LogP contribution in [0.5, 0.6) is 5.75 Å². The van der Waals surface area contributed by atoms with E-state index >= 15 is 0 Å². The summed E-state index contributed by atoms with van der Waals surface area (Å²) in [6, 6.07) is 16.1. The summed E-state index contributed by atoms with van der Waals surface area (Å²) in [5.41, 5.74) is 4.95. The molecule has 0 aliphatic carbocycles. The third kappa shape index (κ3) is 4.10. The van der Waals surface area contributed by atoms with Gasteiger partial charge in [0, 0.05) is 22.7 Å². The monoisotopic (exact) mass is 469 g/mol. The summed E-state index contributed by atoms with van der Waals surface area (Å²) in [5, 5.41) is 14.1. The molecule has 1 aliphatic rings. The maximum absolute atomic E-state index is 6.07. The second-order valence-electron chi connectivity index (χ2n) is 9.04. The molecule has 3 aromatic heterocycles. The van der Waals surface area contributed by atoms with Crippen LogP contribution in [0.2, 0.25) is 0 Å². The van der Waals surface area contributed by atoms with Crippen molar-refractivity contribution >= 4 is 10.9 Å². The molecular formula is C27H27N5O3. The maximum Gasteiger partial charge on any atom is 0.253 e. The van der Waals surface area contributed by atoms with E-state index < -0.39 is 0 Å². The number of rotatable bonds is 6. The molecular weight excluding hydrogens is 442 g/mol. The molecule has 0 amide bonds. The Balaban J connectivity index is 1.14. The minimum Gasteiger partial charge on any atom is -0.497 e. The Bertz CT molecular complexity index is 1440. The number of H-pyrrole nitrogens is 1. The Hall–Kier alpha value is -3.91. The third-order valence-electron chi connectivity index (χ3n) is 6.90. The van der Waals surface area contributed by atoms with Crippen molar-refractivity contribution in [2.75, 3.05) is 20.2 Å². The topological polar surface area (TPSA) is 93.2 Å². The zero-order valence-corrected chi connectivity index (χ0v) is 19.8. The molecule has 1 saturated heterocycles. The predicted molar refractivity (Wildman–Crippen MR) is 132 cm³/mol. The van der Waals surface area contributed by atoms with E-state index in [0.29, 0.717) is 30.0 Å². The largest absolute Gasteiger partial charge is 0.497 e. The van der Waals surface area contributed by atoms with E-state index in [1.807, 2.05) is 43.3 Å². The number of fused-ring (bicyclic) bond motifs is 1. The van der Waals surface area contributed by atoms with Crippen molar-refractivity contribution in [3.05, 3.63) is 71.9 Å². The zero-order chi connectivity index (χ0) is 23.8. The first-order valence-corrected chi connectivity index (χ1v) is 11.9. The van der Waals surface area contributed by atoms with Crippen LogP contribution in [-0.4, -0.2) is 45.4 Å². The molecule has 1 N–H and O–H groups in total. The summed E-state index contributed by atoms with van der Waals surface area (Å²) in [4.78, 5) is 5.79. The fourth-order valence-corrected chi connectivity index (χ4v) is 5.02. The van der Waals surface area contributed by atoms with Crippen LogP contribution in [-0.2, 0) is 6.54 Å². The normalized spacial score (nSPS) is 15.1. The van der Waals surface area contributed by atoms with Crippen LogP contribution in [0.25, 0.3) is 33.6 Å². The first-order valence-electron chi connectivity index (χ1n) is 11.9. The van der Waals surface area contributed by atoms with Crippen LogP contribution in [0, 0.1) is 6.92 Å². The molecule has 0 spiro atoms. The molecule has 0 atom stereocenters. The van der Waals surface area contributed by atoms with Crippen molar-refractivity contribution in [3.8, 4) is 28.5 Å². The number of aryl methyl sites for hydroxylation is 1. The van der Waals surface area contributed by atoms with Crippen LogP contribution in [0.4, 0.5) is 0 Å². The SMILES string of the molecule is COc1ccc2[nH]cc(C3CCN(Cc4nnc(-c5c(-c6ccccc6)noc5C)o4)CC3)c2c1. The molecule has 0 unspecified atom stereocenters. The molecule has 1 aliphatic heterocycles. The van der Waals surface area contributed by atoms with Crippen LogP contribution in [0.1, 0.15) is 36.0 Å². The van der Waals surface area contributed by atoms with Crippen molar-refractivity contribution in [3.63, 3.8) is 0 Å². The van der Waals surface area contributed by atoms with E-state index in [-0.39, 0.29) is 0 Å². The third-order valence-corrected chi connectivity index (χ3v) is 6.90. The Morgan fingerprint density at radius 3 is 2.71 bits per heavy atom. The van der Waals surface area contributed by atoms with E-state index in [0.717, 1.165) is 54.0 Å². The van der Waals surface area contributed by atoms with Gasteiger partial charge in [0.15, 0.2) is 0 Å². The van der Waals surface area contributed by atoms with Crippen LogP contribution in [0.15, 0.2) is 63.7 Å². The van der Waals surface area contributed by atoms with Gasteiger partial charge in [0.05, 0.1) is 13.7 Å². The number of nitrogens with zero attached hydrogens (tertiary/aromatic N) is 4. The van der Waals surface area contributed by atoms with Gasteiger partial charge in [-0.05, 0) is 62.5 Å². The molecule has 0 saturated carbocycles. The molecule has 6 rings (SSSR count). The Labute approximate surface area is 202 Å². The van der Waals surface area contributed by atoms with Gasteiger partial charge in [0.2, 0.25) is 5.89 Å². The van der Waals surface area contributed by atoms with Crippen molar-refractivity contribution in [2.24, 2.45) is 0 Å². The highest BCUT2D eigenvalue weighted by atomic mass is 16.5. The molecule has 8 heteroatoms. The first kappa shape index (κ1) is 21.6. The second kappa shape index (κ2) is 9.03. The minimum atomic E-state index is 0.445. The summed E-state index contributed by atoms with van der Waals surface area (Å²) in [6.07, 6.45) is 4.31. The number of ether oxygens (including phenoxy) is 1. The lowest BCUT2D eigenvalue weighted by molar-refractivity contribution is 0.188. The minimum absolute atomic E-state index is 0.445. The number of hydrogen-bond donors (Lipinski definition) is 1. The predicted octanol–water partition coefficient (Wildman–Crippen LogP) is 5.57. The van der Waals surface area contributed by atoms with E-state index in [2.05, 4.69) is 43.6 Å². The summed E-state index contributed by atoms with van der Waals surface area (Å²) >= 11 is 0. The van der Waals surface area contributed by atoms with Gasteiger partial charge in [-0.3, -0.25) is 4.90 Å². The molecule has 35 heavy (non-hydrogen) atoms. The molecule has 8 nitrogen and oxygen atoms in total. The second-order valence-corrected chi connectivity index (χ2v) is 9.04. The van der Waals surface area contributed by atoms with E-state index in [9.17, 15) is 0 Å². The average Bonchev–Trinajstić information content (AvgIpc) is 3.63. The Kier molecular flexibility index (Phi) is 5.58. The number of piperidine rings is 1. The molecule has 0 bridgehead atoms. The molecule has 4 heterocycles. The number of aromatic nitrogens is 4. The van der Waals surface area contributed by atoms with Gasteiger partial charge < -0.3 is 18.7 Å². The lowest BCUT2D eigenvalue weighted by Gasteiger charge is -2.30. The molecule has 1 fully saturated rings. The number of likely N-dealkylation sites (tertiary alicyclic amines) is 1. The Morgan fingerprint density at radius 1 is 1.09 bits per heavy atom. The quantitative estimate of drug-likeness (QED) is 0.347. The van der Waals surface area contributed by atoms with Crippen LogP contribution >= 0.6 is 0 Å². The summed E-state index contributed by atoms with van der Waals surface area (Å²) in [7, 11) is 1.71. The van der Waals surface area contributed by atoms with Crippen molar-refractivity contribution in [1.82, 2.24) is 25.2 Å². The summed E-state index contributed by atoms with van der Waals surface area (Å²) in [5.74, 6) is 3.12. The lowest BCUT2D eigenvalue weighted by atomic mass is 9.89. The number of aromatic amines is 1. The van der Waals surface area contributed by atoms with Crippen molar-refractivity contribution in [2.45, 2.75) is 32.2 Å². The molecule has 5 aromatic rings. The van der Waals surface area contributed by atoms with Gasteiger partial charge in [0.1, 0.15) is 22.8 Å². The fraction of sp³-hybridized carbons (Fsp3) is 0.296. The van der Waals surface area contributed by atoms with E-state index in [1.165, 1.54) is 10.9 Å². The van der Waals surface area contributed by atoms with Crippen LogP contribution in [0.3, 0.4) is 0 Å². The highest BCUT2D eigenvalue weighted by molar-refractivity contribution is 5.85. The smallest absolute Gasteiger partial charge is 0.253 e. The fourth-order valence-electron chi connectivity index (χ4n) is 5.02.